The quantitative estimate of drug-likeness (QED) is 0.491. The monoisotopic (exact) mass is 358 g/mol. The van der Waals surface area contributed by atoms with Gasteiger partial charge in [0.2, 0.25) is 0 Å². The number of hydrogen-bond donors (Lipinski definition) is 0. The lowest BCUT2D eigenvalue weighted by Gasteiger charge is -2.25. The highest BCUT2D eigenvalue weighted by Crippen LogP contribution is 2.40. The summed E-state index contributed by atoms with van der Waals surface area (Å²) in [6.45, 7) is 8.67. The van der Waals surface area contributed by atoms with E-state index in [1.807, 2.05) is 42.5 Å². The Morgan fingerprint density at radius 1 is 0.889 bits per heavy atom. The average Bonchev–Trinajstić information content (AvgIpc) is 2.66. The van der Waals surface area contributed by atoms with Gasteiger partial charge < -0.3 is 4.74 Å². The molecule has 2 heteroatoms. The van der Waals surface area contributed by atoms with Crippen molar-refractivity contribution in [1.82, 2.24) is 0 Å². The lowest BCUT2D eigenvalue weighted by molar-refractivity contribution is 0.101. The number of ketones is 1. The normalized spacial score (nSPS) is 11.3. The van der Waals surface area contributed by atoms with Gasteiger partial charge in [0.25, 0.3) is 0 Å². The molecule has 0 aliphatic rings. The van der Waals surface area contributed by atoms with E-state index in [2.05, 4.69) is 51.1 Å². The molecule has 138 valence electrons. The van der Waals surface area contributed by atoms with Crippen molar-refractivity contribution in [3.8, 4) is 16.9 Å². The van der Waals surface area contributed by atoms with Crippen LogP contribution in [0.5, 0.6) is 5.75 Å². The maximum atomic E-state index is 11.8. The van der Waals surface area contributed by atoms with Gasteiger partial charge >= 0.3 is 0 Å². The summed E-state index contributed by atoms with van der Waals surface area (Å²) in [5, 5.41) is 0. The third-order valence-electron chi connectivity index (χ3n) is 4.63. The lowest BCUT2D eigenvalue weighted by Crippen LogP contribution is -2.14. The van der Waals surface area contributed by atoms with E-state index in [9.17, 15) is 4.79 Å². The molecule has 0 fully saturated rings. The zero-order chi connectivity index (χ0) is 19.4. The first kappa shape index (κ1) is 18.9. The van der Waals surface area contributed by atoms with Crippen molar-refractivity contribution in [2.45, 2.75) is 39.7 Å². The summed E-state index contributed by atoms with van der Waals surface area (Å²) in [5.41, 5.74) is 4.95. The van der Waals surface area contributed by atoms with Crippen molar-refractivity contribution in [3.63, 3.8) is 0 Å². The molecule has 0 aliphatic heterocycles. The van der Waals surface area contributed by atoms with Crippen LogP contribution in [0.2, 0.25) is 0 Å². The number of rotatable bonds is 5. The van der Waals surface area contributed by atoms with Crippen LogP contribution in [0.1, 0.15) is 49.2 Å². The van der Waals surface area contributed by atoms with Crippen molar-refractivity contribution in [2.75, 3.05) is 0 Å². The van der Waals surface area contributed by atoms with Crippen LogP contribution in [0.25, 0.3) is 11.1 Å². The molecule has 0 saturated carbocycles. The molecule has 3 aromatic rings. The largest absolute Gasteiger partial charge is 0.488 e. The highest BCUT2D eigenvalue weighted by molar-refractivity contribution is 5.95. The third kappa shape index (κ3) is 4.46. The number of carbonyl (C=O) groups excluding carboxylic acids is 1. The predicted octanol–water partition coefficient (Wildman–Crippen LogP) is 6.43. The zero-order valence-electron chi connectivity index (χ0n) is 16.5. The van der Waals surface area contributed by atoms with Crippen molar-refractivity contribution in [2.24, 2.45) is 0 Å². The number of carbonyl (C=O) groups is 1. The first-order chi connectivity index (χ1) is 12.9. The van der Waals surface area contributed by atoms with Crippen LogP contribution in [0, 0.1) is 0 Å². The number of benzene rings is 3. The molecule has 3 rings (SSSR count). The molecule has 0 aliphatic carbocycles. The predicted molar refractivity (Wildman–Crippen MR) is 111 cm³/mol. The van der Waals surface area contributed by atoms with Crippen LogP contribution in [0.4, 0.5) is 0 Å². The molecule has 0 amide bonds. The van der Waals surface area contributed by atoms with Crippen molar-refractivity contribution in [3.05, 3.63) is 89.5 Å². The molecule has 0 saturated heterocycles. The van der Waals surface area contributed by atoms with Crippen LogP contribution >= 0.6 is 0 Å². The maximum Gasteiger partial charge on any atom is 0.159 e. The first-order valence-corrected chi connectivity index (χ1v) is 9.28. The summed E-state index contributed by atoms with van der Waals surface area (Å²) >= 11 is 0. The van der Waals surface area contributed by atoms with E-state index in [1.54, 1.807) is 6.92 Å². The fourth-order valence-electron chi connectivity index (χ4n) is 3.15. The number of para-hydroxylation sites is 1. The standard InChI is InChI=1S/C25H26O2/c1-18(26)20-12-8-13-21(16-20)22-14-9-15-23(25(2,3)4)24(22)27-17-19-10-6-5-7-11-19/h5-16H,17H2,1-4H3. The molecule has 3 aromatic carbocycles. The van der Waals surface area contributed by atoms with E-state index in [4.69, 9.17) is 4.74 Å². The zero-order valence-corrected chi connectivity index (χ0v) is 16.5. The number of hydrogen-bond acceptors (Lipinski definition) is 2. The molecule has 2 nitrogen and oxygen atoms in total. The third-order valence-corrected chi connectivity index (χ3v) is 4.63. The van der Waals surface area contributed by atoms with Gasteiger partial charge in [-0.05, 0) is 29.5 Å². The van der Waals surface area contributed by atoms with E-state index in [0.717, 1.165) is 28.0 Å². The van der Waals surface area contributed by atoms with Gasteiger partial charge in [-0.15, -0.1) is 0 Å². The maximum absolute atomic E-state index is 11.8. The second-order valence-corrected chi connectivity index (χ2v) is 7.84. The topological polar surface area (TPSA) is 26.3 Å². The number of Topliss-reactive ketones (excluding diaryl/α,β-unsaturated/α-hetero) is 1. The fourth-order valence-corrected chi connectivity index (χ4v) is 3.15. The fraction of sp³-hybridized carbons (Fsp3) is 0.240. The number of ether oxygens (including phenoxy) is 1. The van der Waals surface area contributed by atoms with Crippen LogP contribution in [0.3, 0.4) is 0 Å². The Morgan fingerprint density at radius 2 is 1.59 bits per heavy atom. The minimum atomic E-state index is -0.0553. The second kappa shape index (κ2) is 7.79. The smallest absolute Gasteiger partial charge is 0.159 e. The van der Waals surface area contributed by atoms with Gasteiger partial charge in [-0.1, -0.05) is 87.5 Å². The van der Waals surface area contributed by atoms with Gasteiger partial charge in [-0.25, -0.2) is 0 Å². The van der Waals surface area contributed by atoms with E-state index < -0.39 is 0 Å². The van der Waals surface area contributed by atoms with Crippen LogP contribution < -0.4 is 4.74 Å². The highest BCUT2D eigenvalue weighted by Gasteiger charge is 2.22. The van der Waals surface area contributed by atoms with E-state index in [-0.39, 0.29) is 11.2 Å². The molecule has 0 N–H and O–H groups in total. The highest BCUT2D eigenvalue weighted by atomic mass is 16.5. The molecule has 0 spiro atoms. The van der Waals surface area contributed by atoms with Gasteiger partial charge in [-0.2, -0.15) is 0 Å². The van der Waals surface area contributed by atoms with Gasteiger partial charge in [0.15, 0.2) is 5.78 Å². The van der Waals surface area contributed by atoms with E-state index in [0.29, 0.717) is 12.2 Å². The Morgan fingerprint density at radius 3 is 2.26 bits per heavy atom. The Labute approximate surface area is 161 Å². The van der Waals surface area contributed by atoms with Crippen LogP contribution in [0.15, 0.2) is 72.8 Å². The lowest BCUT2D eigenvalue weighted by atomic mass is 9.84. The van der Waals surface area contributed by atoms with Gasteiger partial charge in [0.05, 0.1) is 0 Å². The van der Waals surface area contributed by atoms with Gasteiger partial charge in [0, 0.05) is 16.7 Å². The minimum absolute atomic E-state index is 0.0553. The minimum Gasteiger partial charge on any atom is -0.488 e. The molecule has 27 heavy (non-hydrogen) atoms. The first-order valence-electron chi connectivity index (χ1n) is 9.28. The summed E-state index contributed by atoms with van der Waals surface area (Å²) < 4.78 is 6.35. The van der Waals surface area contributed by atoms with E-state index >= 15 is 0 Å². The molecular weight excluding hydrogens is 332 g/mol. The summed E-state index contributed by atoms with van der Waals surface area (Å²) in [6, 6.07) is 24.2. The Kier molecular flexibility index (Phi) is 5.46. The molecule has 0 unspecified atom stereocenters. The van der Waals surface area contributed by atoms with Gasteiger partial charge in [0.1, 0.15) is 12.4 Å². The summed E-state index contributed by atoms with van der Waals surface area (Å²) in [6.07, 6.45) is 0. The van der Waals surface area contributed by atoms with Crippen LogP contribution in [-0.4, -0.2) is 5.78 Å². The Bertz CT molecular complexity index is 934. The summed E-state index contributed by atoms with van der Waals surface area (Å²) in [7, 11) is 0. The molecule has 0 heterocycles. The summed E-state index contributed by atoms with van der Waals surface area (Å²) in [4.78, 5) is 11.8. The van der Waals surface area contributed by atoms with E-state index in [1.165, 1.54) is 0 Å². The molecule has 0 bridgehead atoms. The van der Waals surface area contributed by atoms with Crippen LogP contribution in [-0.2, 0) is 12.0 Å². The Hall–Kier alpha value is -2.87. The second-order valence-electron chi connectivity index (χ2n) is 7.84. The molecule has 0 aromatic heterocycles. The molecule has 0 atom stereocenters. The van der Waals surface area contributed by atoms with Crippen molar-refractivity contribution >= 4 is 5.78 Å². The SMILES string of the molecule is CC(=O)c1cccc(-c2cccc(C(C)(C)C)c2OCc2ccccc2)c1. The molecular formula is C25H26O2. The average molecular weight is 358 g/mol. The van der Waals surface area contributed by atoms with Crippen molar-refractivity contribution in [1.29, 1.82) is 0 Å². The molecule has 0 radical (unpaired) electrons. The summed E-state index contributed by atoms with van der Waals surface area (Å²) in [5.74, 6) is 0.949. The van der Waals surface area contributed by atoms with Crippen molar-refractivity contribution < 1.29 is 9.53 Å². The Balaban J connectivity index is 2.08. The van der Waals surface area contributed by atoms with Gasteiger partial charge in [-0.3, -0.25) is 4.79 Å².